The molecule has 0 N–H and O–H groups in total. The molecule has 0 radical (unpaired) electrons. The molecule has 7 rings (SSSR count). The van der Waals surface area contributed by atoms with Gasteiger partial charge in [-0.3, -0.25) is 0 Å². The highest BCUT2D eigenvalue weighted by Crippen LogP contribution is 2.34. The Hall–Kier alpha value is -5.34. The van der Waals surface area contributed by atoms with Gasteiger partial charge in [0.25, 0.3) is 0 Å². The van der Waals surface area contributed by atoms with E-state index in [1.165, 1.54) is 22.3 Å². The largest absolute Gasteiger partial charge is 0.247 e. The van der Waals surface area contributed by atoms with Crippen molar-refractivity contribution in [2.24, 2.45) is 9.98 Å². The van der Waals surface area contributed by atoms with Crippen molar-refractivity contribution >= 4 is 22.8 Å². The predicted octanol–water partition coefficient (Wildman–Crippen LogP) is 9.67. The van der Waals surface area contributed by atoms with Gasteiger partial charge in [-0.1, -0.05) is 146 Å². The number of aliphatic imine (C=N–C) groups is 2. The second-order valence-corrected chi connectivity index (χ2v) is 9.84. The van der Waals surface area contributed by atoms with Gasteiger partial charge in [-0.2, -0.15) is 0 Å². The molecule has 0 fully saturated rings. The van der Waals surface area contributed by atoms with Crippen molar-refractivity contribution in [2.45, 2.75) is 0 Å². The molecule has 6 aromatic rings. The molecule has 0 saturated carbocycles. The minimum atomic E-state index is 0.907. The van der Waals surface area contributed by atoms with E-state index in [2.05, 4.69) is 133 Å². The zero-order valence-corrected chi connectivity index (χ0v) is 21.9. The van der Waals surface area contributed by atoms with E-state index in [-0.39, 0.29) is 0 Å². The first-order valence-electron chi connectivity index (χ1n) is 13.5. The number of para-hydroxylation sites is 2. The van der Waals surface area contributed by atoms with E-state index in [1.54, 1.807) is 0 Å². The third kappa shape index (κ3) is 4.57. The van der Waals surface area contributed by atoms with Crippen molar-refractivity contribution in [1.82, 2.24) is 0 Å². The topological polar surface area (TPSA) is 24.7 Å². The van der Waals surface area contributed by atoms with Crippen LogP contribution in [0.5, 0.6) is 0 Å². The number of rotatable bonds is 4. The van der Waals surface area contributed by atoms with Crippen LogP contribution in [0.3, 0.4) is 0 Å². The maximum atomic E-state index is 5.29. The van der Waals surface area contributed by atoms with Crippen LogP contribution in [0.4, 0.5) is 11.4 Å². The molecule has 0 bridgehead atoms. The first-order valence-corrected chi connectivity index (χ1v) is 13.5. The Bertz CT molecular complexity index is 1710. The fourth-order valence-corrected chi connectivity index (χ4v) is 5.25. The van der Waals surface area contributed by atoms with Crippen LogP contribution in [0.2, 0.25) is 0 Å². The normalized spacial score (nSPS) is 14.9. The lowest BCUT2D eigenvalue weighted by Gasteiger charge is -2.18. The van der Waals surface area contributed by atoms with E-state index in [0.29, 0.717) is 0 Å². The van der Waals surface area contributed by atoms with Crippen molar-refractivity contribution in [3.8, 4) is 22.3 Å². The smallest absolute Gasteiger partial charge is 0.0803 e. The van der Waals surface area contributed by atoms with Gasteiger partial charge in [0.15, 0.2) is 0 Å². The number of nitrogens with zero attached hydrogens (tertiary/aromatic N) is 2. The van der Waals surface area contributed by atoms with Gasteiger partial charge >= 0.3 is 0 Å². The average molecular weight is 511 g/mol. The molecule has 40 heavy (non-hydrogen) atoms. The van der Waals surface area contributed by atoms with Gasteiger partial charge in [0.1, 0.15) is 0 Å². The summed E-state index contributed by atoms with van der Waals surface area (Å²) in [5.41, 5.74) is 12.6. The van der Waals surface area contributed by atoms with Crippen molar-refractivity contribution in [1.29, 1.82) is 0 Å². The lowest BCUT2D eigenvalue weighted by atomic mass is 9.94. The molecule has 1 aliphatic rings. The standard InChI is InChI=1S/C38H26N2/c1-3-11-27(12-4-1)29-19-23-31(24-20-29)37-33-15-7-9-17-35(33)40-38(34-16-8-10-18-36(34)39-37)32-25-21-30(22-26-32)28-13-5-2-6-14-28/h1-26H/b37-33?,38-34?,39-36?,39-37-,40-35?,40-38-. The molecule has 0 saturated heterocycles. The SMILES string of the molecule is c1ccc(-c2ccc(/C3=N/c4ccccc4/C(c4ccc(-c5ccccc5)cc4)=N\c4ccccc43)cc2)cc1. The van der Waals surface area contributed by atoms with Gasteiger partial charge in [-0.25, -0.2) is 9.98 Å². The first-order chi connectivity index (χ1) is 19.8. The summed E-state index contributed by atoms with van der Waals surface area (Å²) >= 11 is 0. The summed E-state index contributed by atoms with van der Waals surface area (Å²) in [7, 11) is 0. The van der Waals surface area contributed by atoms with Crippen molar-refractivity contribution in [3.05, 3.63) is 180 Å². The number of fused-ring (bicyclic) bond motifs is 2. The molecular weight excluding hydrogens is 484 g/mol. The fraction of sp³-hybridized carbons (Fsp3) is 0. The predicted molar refractivity (Wildman–Crippen MR) is 167 cm³/mol. The summed E-state index contributed by atoms with van der Waals surface area (Å²) in [6, 6.07) is 54.8. The fourth-order valence-electron chi connectivity index (χ4n) is 5.25. The molecule has 1 heterocycles. The summed E-state index contributed by atoms with van der Waals surface area (Å²) in [6.45, 7) is 0. The maximum absolute atomic E-state index is 5.29. The van der Waals surface area contributed by atoms with E-state index in [9.17, 15) is 0 Å². The Morgan fingerprint density at radius 2 is 0.550 bits per heavy atom. The summed E-state index contributed by atoms with van der Waals surface area (Å²) in [5, 5.41) is 0. The number of hydrogen-bond acceptors (Lipinski definition) is 2. The third-order valence-electron chi connectivity index (χ3n) is 7.31. The molecule has 0 spiro atoms. The van der Waals surface area contributed by atoms with Crippen LogP contribution in [-0.4, -0.2) is 11.4 Å². The average Bonchev–Trinajstić information content (AvgIpc) is 3.03. The molecule has 1 aliphatic heterocycles. The molecule has 6 aromatic carbocycles. The molecule has 2 heteroatoms. The summed E-state index contributed by atoms with van der Waals surface area (Å²) in [5.74, 6) is 0. The van der Waals surface area contributed by atoms with Crippen LogP contribution in [0.1, 0.15) is 22.3 Å². The van der Waals surface area contributed by atoms with Gasteiger partial charge in [-0.05, 0) is 34.4 Å². The van der Waals surface area contributed by atoms with Crippen molar-refractivity contribution in [3.63, 3.8) is 0 Å². The molecule has 0 amide bonds. The number of hydrogen-bond donors (Lipinski definition) is 0. The Kier molecular flexibility index (Phi) is 6.20. The van der Waals surface area contributed by atoms with Crippen LogP contribution in [0.15, 0.2) is 168 Å². The van der Waals surface area contributed by atoms with Crippen LogP contribution in [0, 0.1) is 0 Å². The second-order valence-electron chi connectivity index (χ2n) is 9.84. The summed E-state index contributed by atoms with van der Waals surface area (Å²) < 4.78 is 0. The molecule has 0 atom stereocenters. The Morgan fingerprint density at radius 1 is 0.250 bits per heavy atom. The Morgan fingerprint density at radius 3 is 0.950 bits per heavy atom. The van der Waals surface area contributed by atoms with Crippen LogP contribution < -0.4 is 0 Å². The van der Waals surface area contributed by atoms with Gasteiger partial charge in [-0.15, -0.1) is 0 Å². The Labute approximate surface area is 234 Å². The van der Waals surface area contributed by atoms with E-state index in [4.69, 9.17) is 9.98 Å². The molecule has 2 nitrogen and oxygen atoms in total. The van der Waals surface area contributed by atoms with E-state index in [0.717, 1.165) is 45.1 Å². The molecule has 0 aromatic heterocycles. The minimum absolute atomic E-state index is 0.907. The highest BCUT2D eigenvalue weighted by atomic mass is 14.8. The zero-order chi connectivity index (χ0) is 26.7. The van der Waals surface area contributed by atoms with Gasteiger partial charge in [0, 0.05) is 22.3 Å². The van der Waals surface area contributed by atoms with Crippen LogP contribution in [-0.2, 0) is 0 Å². The summed E-state index contributed by atoms with van der Waals surface area (Å²) in [4.78, 5) is 10.6. The molecule has 188 valence electrons. The molecule has 0 aliphatic carbocycles. The number of benzene rings is 6. The van der Waals surface area contributed by atoms with E-state index >= 15 is 0 Å². The van der Waals surface area contributed by atoms with E-state index in [1.807, 2.05) is 24.3 Å². The maximum Gasteiger partial charge on any atom is 0.0803 e. The molecular formula is C38H26N2. The van der Waals surface area contributed by atoms with Crippen molar-refractivity contribution in [2.75, 3.05) is 0 Å². The third-order valence-corrected chi connectivity index (χ3v) is 7.31. The van der Waals surface area contributed by atoms with Crippen LogP contribution >= 0.6 is 0 Å². The first kappa shape index (κ1) is 23.8. The highest BCUT2D eigenvalue weighted by Gasteiger charge is 2.20. The quantitative estimate of drug-likeness (QED) is 0.225. The lowest BCUT2D eigenvalue weighted by Crippen LogP contribution is -2.10. The minimum Gasteiger partial charge on any atom is -0.247 e. The monoisotopic (exact) mass is 510 g/mol. The van der Waals surface area contributed by atoms with E-state index < -0.39 is 0 Å². The van der Waals surface area contributed by atoms with Gasteiger partial charge < -0.3 is 0 Å². The van der Waals surface area contributed by atoms with Gasteiger partial charge in [0.05, 0.1) is 22.8 Å². The second kappa shape index (κ2) is 10.4. The summed E-state index contributed by atoms with van der Waals surface area (Å²) in [6.07, 6.45) is 0. The lowest BCUT2D eigenvalue weighted by molar-refractivity contribution is 1.39. The molecule has 0 unspecified atom stereocenters. The zero-order valence-electron chi connectivity index (χ0n) is 21.9. The van der Waals surface area contributed by atoms with Gasteiger partial charge in [0.2, 0.25) is 0 Å². The van der Waals surface area contributed by atoms with Crippen LogP contribution in [0.25, 0.3) is 22.3 Å². The van der Waals surface area contributed by atoms with Crippen molar-refractivity contribution < 1.29 is 0 Å². The Balaban J connectivity index is 1.34. The highest BCUT2D eigenvalue weighted by molar-refractivity contribution is 6.22.